The predicted molar refractivity (Wildman–Crippen MR) is 60.5 cm³/mol. The fourth-order valence-corrected chi connectivity index (χ4v) is 1.39. The molecule has 0 saturated carbocycles. The van der Waals surface area contributed by atoms with E-state index < -0.39 is 18.6 Å². The van der Waals surface area contributed by atoms with E-state index in [1.807, 2.05) is 0 Å². The molecule has 19 heavy (non-hydrogen) atoms. The first kappa shape index (κ1) is 15.2. The van der Waals surface area contributed by atoms with Crippen LogP contribution >= 0.6 is 0 Å². The Balaban J connectivity index is 2.60. The van der Waals surface area contributed by atoms with E-state index in [0.29, 0.717) is 5.69 Å². The van der Waals surface area contributed by atoms with Gasteiger partial charge in [0.25, 0.3) is 0 Å². The van der Waals surface area contributed by atoms with Gasteiger partial charge in [-0.05, 0) is 13.3 Å². The minimum absolute atomic E-state index is 0.00820. The Morgan fingerprint density at radius 2 is 2.21 bits per heavy atom. The highest BCUT2D eigenvalue weighted by atomic mass is 19.4. The van der Waals surface area contributed by atoms with Crippen molar-refractivity contribution in [2.45, 2.75) is 32.5 Å². The van der Waals surface area contributed by atoms with Crippen LogP contribution in [0.3, 0.4) is 0 Å². The van der Waals surface area contributed by atoms with Crippen molar-refractivity contribution in [1.82, 2.24) is 15.0 Å². The summed E-state index contributed by atoms with van der Waals surface area (Å²) in [5, 5.41) is 7.24. The van der Waals surface area contributed by atoms with Crippen molar-refractivity contribution in [3.05, 3.63) is 24.0 Å². The average molecular weight is 277 g/mol. The number of carbonyl (C=O) groups excluding carboxylic acids is 1. The van der Waals surface area contributed by atoms with Gasteiger partial charge in [0, 0.05) is 13.0 Å². The molecule has 8 heteroatoms. The third-order valence-corrected chi connectivity index (χ3v) is 2.34. The molecule has 0 aromatic carbocycles. The maximum absolute atomic E-state index is 12.0. The van der Waals surface area contributed by atoms with Crippen LogP contribution in [-0.4, -0.2) is 33.7 Å². The number of alkyl halides is 3. The fourth-order valence-electron chi connectivity index (χ4n) is 1.39. The van der Waals surface area contributed by atoms with Crippen molar-refractivity contribution >= 4 is 5.97 Å². The molecule has 1 heterocycles. The van der Waals surface area contributed by atoms with Crippen LogP contribution in [0.2, 0.25) is 0 Å². The summed E-state index contributed by atoms with van der Waals surface area (Å²) in [6.07, 6.45) is -3.81. The molecule has 0 saturated heterocycles. The van der Waals surface area contributed by atoms with Gasteiger partial charge in [-0.1, -0.05) is 17.9 Å². The molecule has 5 nitrogen and oxygen atoms in total. The Morgan fingerprint density at radius 1 is 1.53 bits per heavy atom. The Hall–Kier alpha value is -1.86. The number of hydrogen-bond acceptors (Lipinski definition) is 4. The Bertz CT molecular complexity index is 455. The summed E-state index contributed by atoms with van der Waals surface area (Å²) in [6.45, 7) is 5.04. The topological polar surface area (TPSA) is 57.0 Å². The number of rotatable bonds is 6. The molecule has 0 aliphatic carbocycles. The van der Waals surface area contributed by atoms with Gasteiger partial charge in [-0.15, -0.1) is 5.10 Å². The second-order valence-electron chi connectivity index (χ2n) is 3.85. The van der Waals surface area contributed by atoms with Gasteiger partial charge in [-0.25, -0.2) is 9.48 Å². The molecule has 0 N–H and O–H groups in total. The molecule has 0 aliphatic heterocycles. The molecule has 0 radical (unpaired) electrons. The maximum atomic E-state index is 12.0. The molecule has 0 aliphatic rings. The lowest BCUT2D eigenvalue weighted by Gasteiger charge is -2.06. The third-order valence-electron chi connectivity index (χ3n) is 2.34. The summed E-state index contributed by atoms with van der Waals surface area (Å²) >= 11 is 0. The summed E-state index contributed by atoms with van der Waals surface area (Å²) < 4.78 is 42.0. The number of aryl methyl sites for hydroxylation is 1. The van der Waals surface area contributed by atoms with Crippen molar-refractivity contribution < 1.29 is 22.7 Å². The van der Waals surface area contributed by atoms with Gasteiger partial charge in [-0.2, -0.15) is 13.2 Å². The van der Waals surface area contributed by atoms with Crippen LogP contribution in [0.15, 0.2) is 12.7 Å². The van der Waals surface area contributed by atoms with Gasteiger partial charge < -0.3 is 4.74 Å². The van der Waals surface area contributed by atoms with Crippen molar-refractivity contribution in [1.29, 1.82) is 0 Å². The molecule has 106 valence electrons. The number of esters is 1. The van der Waals surface area contributed by atoms with Crippen LogP contribution in [0.1, 0.15) is 29.0 Å². The maximum Gasteiger partial charge on any atom is 0.389 e. The predicted octanol–water partition coefficient (Wildman–Crippen LogP) is 2.27. The number of carbonyl (C=O) groups is 1. The number of ether oxygens (including phenoxy) is 1. The van der Waals surface area contributed by atoms with Crippen LogP contribution in [0.25, 0.3) is 0 Å². The van der Waals surface area contributed by atoms with Crippen molar-refractivity contribution in [3.8, 4) is 0 Å². The number of aromatic nitrogens is 3. The number of nitrogens with zero attached hydrogens (tertiary/aromatic N) is 3. The molecular formula is C11H14F3N3O2. The lowest BCUT2D eigenvalue weighted by molar-refractivity contribution is -0.136. The molecule has 0 spiro atoms. The quantitative estimate of drug-likeness (QED) is 0.591. The lowest BCUT2D eigenvalue weighted by atomic mass is 10.3. The smallest absolute Gasteiger partial charge is 0.389 e. The largest absolute Gasteiger partial charge is 0.457 e. The summed E-state index contributed by atoms with van der Waals surface area (Å²) in [5.41, 5.74) is 0.394. The first-order valence-electron chi connectivity index (χ1n) is 5.60. The zero-order valence-corrected chi connectivity index (χ0v) is 10.4. The molecule has 0 atom stereocenters. The van der Waals surface area contributed by atoms with E-state index in [4.69, 9.17) is 4.74 Å². The van der Waals surface area contributed by atoms with E-state index in [2.05, 4.69) is 16.9 Å². The Labute approximate surface area is 108 Å². The van der Waals surface area contributed by atoms with Crippen molar-refractivity contribution in [2.24, 2.45) is 0 Å². The number of halogens is 3. The highest BCUT2D eigenvalue weighted by molar-refractivity contribution is 5.88. The monoisotopic (exact) mass is 277 g/mol. The van der Waals surface area contributed by atoms with Gasteiger partial charge in [0.05, 0.1) is 5.69 Å². The first-order valence-corrected chi connectivity index (χ1v) is 5.60. The molecule has 0 unspecified atom stereocenters. The summed E-state index contributed by atoms with van der Waals surface area (Å²) in [6, 6.07) is 0. The van der Waals surface area contributed by atoms with Gasteiger partial charge in [0.15, 0.2) is 5.69 Å². The molecule has 1 rings (SSSR count). The minimum atomic E-state index is -4.19. The van der Waals surface area contributed by atoms with Gasteiger partial charge in [-0.3, -0.25) is 0 Å². The fraction of sp³-hybridized carbons (Fsp3) is 0.545. The Morgan fingerprint density at radius 3 is 2.79 bits per heavy atom. The second-order valence-corrected chi connectivity index (χ2v) is 3.85. The summed E-state index contributed by atoms with van der Waals surface area (Å²) in [4.78, 5) is 11.5. The molecule has 1 aromatic heterocycles. The van der Waals surface area contributed by atoms with Crippen LogP contribution in [-0.2, 0) is 11.3 Å². The van der Waals surface area contributed by atoms with Gasteiger partial charge in [0.1, 0.15) is 6.61 Å². The van der Waals surface area contributed by atoms with Gasteiger partial charge in [0.2, 0.25) is 0 Å². The van der Waals surface area contributed by atoms with Crippen molar-refractivity contribution in [2.75, 3.05) is 6.61 Å². The van der Waals surface area contributed by atoms with Gasteiger partial charge >= 0.3 is 12.1 Å². The molecule has 0 amide bonds. The van der Waals surface area contributed by atoms with E-state index in [-0.39, 0.29) is 25.3 Å². The van der Waals surface area contributed by atoms with E-state index in [1.54, 1.807) is 6.92 Å². The standard InChI is InChI=1S/C11H14F3N3O2/c1-3-7-19-10(18)9-8(2)17(16-15-9)6-4-5-11(12,13)14/h3H,1,4-7H2,2H3. The zero-order valence-electron chi connectivity index (χ0n) is 10.4. The minimum Gasteiger partial charge on any atom is -0.457 e. The van der Waals surface area contributed by atoms with E-state index >= 15 is 0 Å². The van der Waals surface area contributed by atoms with Crippen molar-refractivity contribution in [3.63, 3.8) is 0 Å². The highest BCUT2D eigenvalue weighted by Crippen LogP contribution is 2.21. The lowest BCUT2D eigenvalue weighted by Crippen LogP contribution is -2.11. The van der Waals surface area contributed by atoms with Crippen LogP contribution < -0.4 is 0 Å². The molecular weight excluding hydrogens is 263 g/mol. The van der Waals surface area contributed by atoms with Crippen LogP contribution in [0.4, 0.5) is 13.2 Å². The highest BCUT2D eigenvalue weighted by Gasteiger charge is 2.26. The number of hydrogen-bond donors (Lipinski definition) is 0. The van der Waals surface area contributed by atoms with Crippen LogP contribution in [0, 0.1) is 6.92 Å². The van der Waals surface area contributed by atoms with E-state index in [1.165, 1.54) is 10.8 Å². The second kappa shape index (κ2) is 6.35. The normalized spacial score (nSPS) is 11.4. The zero-order chi connectivity index (χ0) is 14.5. The molecule has 1 aromatic rings. The van der Waals surface area contributed by atoms with E-state index in [9.17, 15) is 18.0 Å². The molecule has 0 fully saturated rings. The summed E-state index contributed by atoms with van der Waals surface area (Å²) in [7, 11) is 0. The first-order chi connectivity index (χ1) is 8.85. The summed E-state index contributed by atoms with van der Waals surface area (Å²) in [5.74, 6) is -0.667. The van der Waals surface area contributed by atoms with Crippen LogP contribution in [0.5, 0.6) is 0 Å². The average Bonchev–Trinajstić information content (AvgIpc) is 2.67. The molecule has 0 bridgehead atoms. The third kappa shape index (κ3) is 4.72. The Kier molecular flexibility index (Phi) is 5.08. The SMILES string of the molecule is C=CCOC(=O)c1nnn(CCCC(F)(F)F)c1C. The van der Waals surface area contributed by atoms with E-state index in [0.717, 1.165) is 0 Å².